The Hall–Kier alpha value is -1.11. The molecule has 2 nitrogen and oxygen atoms in total. The van der Waals surface area contributed by atoms with Crippen molar-refractivity contribution in [2.75, 3.05) is 11.4 Å². The van der Waals surface area contributed by atoms with Gasteiger partial charge in [0.25, 0.3) is 0 Å². The van der Waals surface area contributed by atoms with Gasteiger partial charge in [-0.05, 0) is 24.6 Å². The monoisotopic (exact) mass is 325 g/mol. The Labute approximate surface area is 109 Å². The zero-order valence-corrected chi connectivity index (χ0v) is 10.6. The molecule has 1 unspecified atom stereocenters. The first-order valence-corrected chi connectivity index (χ1v) is 6.04. The molecule has 1 aliphatic rings. The number of rotatable bonds is 1. The van der Waals surface area contributed by atoms with Crippen molar-refractivity contribution in [1.82, 2.24) is 0 Å². The highest BCUT2D eigenvalue weighted by Gasteiger charge is 2.35. The van der Waals surface area contributed by atoms with Crippen molar-refractivity contribution in [3.8, 4) is 0 Å². The Bertz CT molecular complexity index is 488. The van der Waals surface area contributed by atoms with E-state index >= 15 is 0 Å². The van der Waals surface area contributed by atoms with Crippen LogP contribution in [-0.4, -0.2) is 17.3 Å². The van der Waals surface area contributed by atoms with Crippen LogP contribution in [0.1, 0.15) is 12.0 Å². The van der Waals surface area contributed by atoms with E-state index in [4.69, 9.17) is 0 Å². The van der Waals surface area contributed by atoms with Crippen LogP contribution in [0.5, 0.6) is 0 Å². The van der Waals surface area contributed by atoms with Gasteiger partial charge in [0.15, 0.2) is 0 Å². The molecule has 0 spiro atoms. The lowest BCUT2D eigenvalue weighted by Gasteiger charge is -2.18. The van der Waals surface area contributed by atoms with Gasteiger partial charge < -0.3 is 4.90 Å². The molecule has 1 aliphatic heterocycles. The van der Waals surface area contributed by atoms with Gasteiger partial charge in [-0.2, -0.15) is 13.2 Å². The first kappa shape index (κ1) is 13.3. The summed E-state index contributed by atoms with van der Waals surface area (Å²) in [6.45, 7) is 0.201. The standard InChI is InChI=1S/C11H8BrF4NO/c12-7-3-4-17(10(7)18)9-5-6(11(14,15)16)1-2-8(9)13/h1-2,5,7H,3-4H2. The molecule has 0 aliphatic carbocycles. The van der Waals surface area contributed by atoms with Crippen LogP contribution in [0.25, 0.3) is 0 Å². The third-order valence-corrected chi connectivity index (χ3v) is 3.55. The summed E-state index contributed by atoms with van der Waals surface area (Å²) >= 11 is 3.09. The van der Waals surface area contributed by atoms with E-state index in [1.165, 1.54) is 0 Å². The Morgan fingerprint density at radius 3 is 2.50 bits per heavy atom. The summed E-state index contributed by atoms with van der Waals surface area (Å²) in [5.41, 5.74) is -1.29. The fourth-order valence-corrected chi connectivity index (χ4v) is 2.23. The fraction of sp³-hybridized carbons (Fsp3) is 0.364. The second kappa shape index (κ2) is 4.53. The number of carbonyl (C=O) groups is 1. The molecule has 1 aromatic rings. The lowest BCUT2D eigenvalue weighted by atomic mass is 10.1. The topological polar surface area (TPSA) is 20.3 Å². The summed E-state index contributed by atoms with van der Waals surface area (Å²) < 4.78 is 51.1. The molecule has 1 aromatic carbocycles. The van der Waals surface area contributed by atoms with Gasteiger partial charge in [-0.25, -0.2) is 4.39 Å². The van der Waals surface area contributed by atoms with Gasteiger partial charge in [0.05, 0.1) is 16.1 Å². The van der Waals surface area contributed by atoms with E-state index in [2.05, 4.69) is 15.9 Å². The maximum atomic E-state index is 13.5. The van der Waals surface area contributed by atoms with Crippen molar-refractivity contribution in [3.05, 3.63) is 29.6 Å². The highest BCUT2D eigenvalue weighted by molar-refractivity contribution is 9.10. The van der Waals surface area contributed by atoms with Crippen LogP contribution >= 0.6 is 15.9 Å². The van der Waals surface area contributed by atoms with Crippen LogP contribution in [-0.2, 0) is 11.0 Å². The zero-order chi connectivity index (χ0) is 13.5. The molecule has 1 amide bonds. The number of amides is 1. The average molecular weight is 326 g/mol. The van der Waals surface area contributed by atoms with Gasteiger partial charge in [-0.15, -0.1) is 0 Å². The summed E-state index contributed by atoms with van der Waals surface area (Å²) in [6.07, 6.45) is -4.12. The molecule has 1 fully saturated rings. The second-order valence-corrected chi connectivity index (χ2v) is 5.02. The fourth-order valence-electron chi connectivity index (χ4n) is 1.78. The molecule has 0 saturated carbocycles. The zero-order valence-electron chi connectivity index (χ0n) is 8.97. The van der Waals surface area contributed by atoms with Gasteiger partial charge >= 0.3 is 6.18 Å². The Morgan fingerprint density at radius 1 is 1.33 bits per heavy atom. The number of halogens is 5. The van der Waals surface area contributed by atoms with Gasteiger partial charge in [-0.1, -0.05) is 15.9 Å². The van der Waals surface area contributed by atoms with Gasteiger partial charge in [-0.3, -0.25) is 4.79 Å². The summed E-state index contributed by atoms with van der Waals surface area (Å²) in [4.78, 5) is 12.2. The van der Waals surface area contributed by atoms with Crippen molar-refractivity contribution in [3.63, 3.8) is 0 Å². The summed E-state index contributed by atoms with van der Waals surface area (Å²) in [7, 11) is 0. The number of carbonyl (C=O) groups excluding carboxylic acids is 1. The van der Waals surface area contributed by atoms with Crippen LogP contribution in [0.15, 0.2) is 18.2 Å². The largest absolute Gasteiger partial charge is 0.416 e. The smallest absolute Gasteiger partial charge is 0.309 e. The summed E-state index contributed by atoms with van der Waals surface area (Å²) in [5, 5.41) is 0. The van der Waals surface area contributed by atoms with Crippen LogP contribution in [0.2, 0.25) is 0 Å². The lowest BCUT2D eigenvalue weighted by Crippen LogP contribution is -2.28. The quantitative estimate of drug-likeness (QED) is 0.573. The van der Waals surface area contributed by atoms with E-state index in [1.807, 2.05) is 0 Å². The number of anilines is 1. The van der Waals surface area contributed by atoms with Crippen LogP contribution in [0, 0.1) is 5.82 Å². The van der Waals surface area contributed by atoms with Crippen molar-refractivity contribution >= 4 is 27.5 Å². The van der Waals surface area contributed by atoms with Crippen molar-refractivity contribution < 1.29 is 22.4 Å². The molecule has 1 heterocycles. The van der Waals surface area contributed by atoms with Crippen molar-refractivity contribution in [2.24, 2.45) is 0 Å². The van der Waals surface area contributed by atoms with Crippen LogP contribution < -0.4 is 4.90 Å². The van der Waals surface area contributed by atoms with Crippen molar-refractivity contribution in [1.29, 1.82) is 0 Å². The third kappa shape index (κ3) is 2.36. The SMILES string of the molecule is O=C1C(Br)CCN1c1cc(C(F)(F)F)ccc1F. The highest BCUT2D eigenvalue weighted by atomic mass is 79.9. The van der Waals surface area contributed by atoms with E-state index < -0.39 is 28.3 Å². The number of benzene rings is 1. The van der Waals surface area contributed by atoms with Crippen molar-refractivity contribution in [2.45, 2.75) is 17.4 Å². The van der Waals surface area contributed by atoms with Crippen LogP contribution in [0.3, 0.4) is 0 Å². The molecular weight excluding hydrogens is 318 g/mol. The minimum Gasteiger partial charge on any atom is -0.309 e. The molecule has 0 bridgehead atoms. The third-order valence-electron chi connectivity index (χ3n) is 2.70. The predicted molar refractivity (Wildman–Crippen MR) is 61.1 cm³/mol. The maximum Gasteiger partial charge on any atom is 0.416 e. The molecule has 98 valence electrons. The normalized spacial score (nSPS) is 20.6. The molecule has 2 rings (SSSR count). The number of hydrogen-bond donors (Lipinski definition) is 0. The van der Waals surface area contributed by atoms with Gasteiger partial charge in [0.2, 0.25) is 5.91 Å². The van der Waals surface area contributed by atoms with Gasteiger partial charge in [0.1, 0.15) is 5.82 Å². The molecule has 0 radical (unpaired) electrons. The maximum absolute atomic E-state index is 13.5. The molecule has 18 heavy (non-hydrogen) atoms. The minimum absolute atomic E-state index is 0.201. The van der Waals surface area contributed by atoms with Crippen LogP contribution in [0.4, 0.5) is 23.2 Å². The number of nitrogens with zero attached hydrogens (tertiary/aromatic N) is 1. The Morgan fingerprint density at radius 2 is 2.00 bits per heavy atom. The van der Waals surface area contributed by atoms with E-state index in [-0.39, 0.29) is 12.2 Å². The minimum atomic E-state index is -4.56. The molecule has 0 N–H and O–H groups in total. The summed E-state index contributed by atoms with van der Waals surface area (Å²) in [5.74, 6) is -1.26. The van der Waals surface area contributed by atoms with Gasteiger partial charge in [0, 0.05) is 6.54 Å². The lowest BCUT2D eigenvalue weighted by molar-refractivity contribution is -0.137. The van der Waals surface area contributed by atoms with E-state index in [0.717, 1.165) is 11.0 Å². The first-order chi connectivity index (χ1) is 8.30. The Balaban J connectivity index is 2.42. The number of hydrogen-bond acceptors (Lipinski definition) is 1. The first-order valence-electron chi connectivity index (χ1n) is 5.13. The van der Waals surface area contributed by atoms with E-state index in [1.54, 1.807) is 0 Å². The number of alkyl halides is 4. The predicted octanol–water partition coefficient (Wildman–Crippen LogP) is 3.34. The average Bonchev–Trinajstić information content (AvgIpc) is 2.59. The van der Waals surface area contributed by atoms with E-state index in [0.29, 0.717) is 18.6 Å². The summed E-state index contributed by atoms with van der Waals surface area (Å²) in [6, 6.07) is 2.05. The molecule has 0 aromatic heterocycles. The molecule has 1 atom stereocenters. The second-order valence-electron chi connectivity index (χ2n) is 3.91. The molecular formula is C11H8BrF4NO. The Kier molecular flexibility index (Phi) is 3.35. The molecule has 7 heteroatoms. The highest BCUT2D eigenvalue weighted by Crippen LogP contribution is 2.34. The molecule has 1 saturated heterocycles. The van der Waals surface area contributed by atoms with E-state index in [9.17, 15) is 22.4 Å².